The Balaban J connectivity index is 1.62. The van der Waals surface area contributed by atoms with Crippen LogP contribution in [0.3, 0.4) is 0 Å². The molecule has 1 saturated heterocycles. The molecule has 0 radical (unpaired) electrons. The summed E-state index contributed by atoms with van der Waals surface area (Å²) in [5, 5.41) is 12.5. The van der Waals surface area contributed by atoms with E-state index in [1.807, 2.05) is 54.3 Å². The Hall–Kier alpha value is -3.13. The van der Waals surface area contributed by atoms with E-state index < -0.39 is 12.6 Å². The Morgan fingerprint density at radius 3 is 2.63 bits per heavy atom. The summed E-state index contributed by atoms with van der Waals surface area (Å²) in [6.07, 6.45) is 6.37. The molecule has 4 rings (SSSR count). The Kier molecular flexibility index (Phi) is 8.23. The lowest BCUT2D eigenvalue weighted by Crippen LogP contribution is -2.48. The van der Waals surface area contributed by atoms with E-state index in [4.69, 9.17) is 14.6 Å². The standard InChI is InChI=1S/C27H32N2O5S/c1-3-33-23-15-19(13-14-22(23)34-17-25(30)31)16-24-26(32)29(21-12-8-7-9-18(21)2)27(35-24)28-20-10-5-4-6-11-20/h4-6,10-11,13-16,18,21,27-28H,3,7-9,12,17H2,1-2H3,(H,30,31)/b24-16-/t18-,21+,27?/m1/s1. The number of hydrogen-bond acceptors (Lipinski definition) is 6. The SMILES string of the molecule is CCOc1cc(/C=C2\SC(Nc3ccccc3)N([C@H]3CCCC[C@H]3C)C2=O)ccc1OCC(=O)O. The molecule has 3 atom stereocenters. The minimum Gasteiger partial charge on any atom is -0.490 e. The van der Waals surface area contributed by atoms with Gasteiger partial charge in [0, 0.05) is 11.7 Å². The summed E-state index contributed by atoms with van der Waals surface area (Å²) in [7, 11) is 0. The van der Waals surface area contributed by atoms with Crippen LogP contribution in [0.1, 0.15) is 45.1 Å². The lowest BCUT2D eigenvalue weighted by Gasteiger charge is -2.39. The van der Waals surface area contributed by atoms with Crippen molar-refractivity contribution in [3.8, 4) is 11.5 Å². The molecule has 2 fully saturated rings. The second-order valence-electron chi connectivity index (χ2n) is 8.85. The smallest absolute Gasteiger partial charge is 0.341 e. The van der Waals surface area contributed by atoms with Gasteiger partial charge in [0.15, 0.2) is 23.6 Å². The van der Waals surface area contributed by atoms with Gasteiger partial charge in [-0.05, 0) is 61.6 Å². The van der Waals surface area contributed by atoms with Crippen LogP contribution in [-0.4, -0.2) is 46.6 Å². The quantitative estimate of drug-likeness (QED) is 0.447. The Morgan fingerprint density at radius 2 is 1.91 bits per heavy atom. The summed E-state index contributed by atoms with van der Waals surface area (Å²) < 4.78 is 11.0. The molecule has 1 unspecified atom stereocenters. The molecule has 0 aromatic heterocycles. The number of nitrogens with one attached hydrogen (secondary N) is 1. The predicted octanol–water partition coefficient (Wildman–Crippen LogP) is 5.44. The van der Waals surface area contributed by atoms with Gasteiger partial charge >= 0.3 is 5.97 Å². The number of carboxylic acid groups (broad SMARTS) is 1. The van der Waals surface area contributed by atoms with Crippen LogP contribution in [0.4, 0.5) is 5.69 Å². The van der Waals surface area contributed by atoms with E-state index in [2.05, 4.69) is 12.2 Å². The van der Waals surface area contributed by atoms with Gasteiger partial charge < -0.3 is 24.8 Å². The van der Waals surface area contributed by atoms with Crippen LogP contribution in [0.5, 0.6) is 11.5 Å². The van der Waals surface area contributed by atoms with Crippen molar-refractivity contribution < 1.29 is 24.2 Å². The van der Waals surface area contributed by atoms with Crippen LogP contribution in [0.15, 0.2) is 53.4 Å². The lowest BCUT2D eigenvalue weighted by atomic mass is 9.85. The molecule has 35 heavy (non-hydrogen) atoms. The first kappa shape index (κ1) is 25.0. The summed E-state index contributed by atoms with van der Waals surface area (Å²) in [6.45, 7) is 4.06. The highest BCUT2D eigenvalue weighted by atomic mass is 32.2. The lowest BCUT2D eigenvalue weighted by molar-refractivity contribution is -0.139. The van der Waals surface area contributed by atoms with E-state index in [1.54, 1.807) is 12.1 Å². The van der Waals surface area contributed by atoms with Gasteiger partial charge in [0.2, 0.25) is 0 Å². The summed E-state index contributed by atoms with van der Waals surface area (Å²) in [6, 6.07) is 15.4. The molecule has 0 spiro atoms. The highest BCUT2D eigenvalue weighted by Gasteiger charge is 2.42. The number of para-hydroxylation sites is 1. The van der Waals surface area contributed by atoms with Crippen LogP contribution in [0.25, 0.3) is 6.08 Å². The van der Waals surface area contributed by atoms with Crippen LogP contribution >= 0.6 is 11.8 Å². The van der Waals surface area contributed by atoms with Crippen molar-refractivity contribution in [2.75, 3.05) is 18.5 Å². The zero-order valence-electron chi connectivity index (χ0n) is 20.1. The molecule has 1 heterocycles. The third-order valence-corrected chi connectivity index (χ3v) is 7.46. The number of thioether (sulfide) groups is 1. The average molecular weight is 497 g/mol. The Morgan fingerprint density at radius 1 is 1.14 bits per heavy atom. The van der Waals surface area contributed by atoms with Gasteiger partial charge in [-0.15, -0.1) is 0 Å². The number of benzene rings is 2. The fourth-order valence-corrected chi connectivity index (χ4v) is 5.87. The molecule has 0 bridgehead atoms. The third kappa shape index (κ3) is 6.11. The minimum absolute atomic E-state index is 0.0337. The van der Waals surface area contributed by atoms with Crippen molar-refractivity contribution >= 4 is 35.4 Å². The third-order valence-electron chi connectivity index (χ3n) is 6.34. The number of amides is 1. The second-order valence-corrected chi connectivity index (χ2v) is 9.97. The number of rotatable bonds is 9. The minimum atomic E-state index is -1.06. The summed E-state index contributed by atoms with van der Waals surface area (Å²) in [5.41, 5.74) is 1.58. The molecule has 1 saturated carbocycles. The van der Waals surface area contributed by atoms with Gasteiger partial charge in [-0.25, -0.2) is 4.79 Å². The number of anilines is 1. The summed E-state index contributed by atoms with van der Waals surface area (Å²) in [4.78, 5) is 27.3. The van der Waals surface area contributed by atoms with Crippen molar-refractivity contribution in [1.29, 1.82) is 0 Å². The van der Waals surface area contributed by atoms with Gasteiger partial charge in [0.25, 0.3) is 5.91 Å². The fraction of sp³-hybridized carbons (Fsp3) is 0.407. The summed E-state index contributed by atoms with van der Waals surface area (Å²) >= 11 is 1.53. The molecule has 1 aliphatic carbocycles. The maximum atomic E-state index is 13.7. The van der Waals surface area contributed by atoms with E-state index in [-0.39, 0.29) is 17.4 Å². The van der Waals surface area contributed by atoms with Crippen LogP contribution in [0, 0.1) is 5.92 Å². The molecule has 2 N–H and O–H groups in total. The van der Waals surface area contributed by atoms with Crippen molar-refractivity contribution in [2.45, 2.75) is 51.1 Å². The monoisotopic (exact) mass is 496 g/mol. The molecular formula is C27H32N2O5S. The summed E-state index contributed by atoms with van der Waals surface area (Å²) in [5.74, 6) is 0.244. The van der Waals surface area contributed by atoms with E-state index in [0.29, 0.717) is 28.9 Å². The van der Waals surface area contributed by atoms with E-state index >= 15 is 0 Å². The first-order valence-electron chi connectivity index (χ1n) is 12.1. The number of carboxylic acids is 1. The fourth-order valence-electron chi connectivity index (χ4n) is 4.66. The second kappa shape index (κ2) is 11.5. The Labute approximate surface area is 210 Å². The number of ether oxygens (including phenoxy) is 2. The highest BCUT2D eigenvalue weighted by molar-refractivity contribution is 8.05. The van der Waals surface area contributed by atoms with Gasteiger partial charge in [-0.3, -0.25) is 4.79 Å². The zero-order chi connectivity index (χ0) is 24.8. The molecule has 8 heteroatoms. The molecule has 186 valence electrons. The maximum absolute atomic E-state index is 13.7. The normalized spacial score (nSPS) is 23.4. The Bertz CT molecular complexity index is 1070. The number of hydrogen-bond donors (Lipinski definition) is 2. The van der Waals surface area contributed by atoms with Gasteiger partial charge in [-0.2, -0.15) is 0 Å². The van der Waals surface area contributed by atoms with Gasteiger partial charge in [0.05, 0.1) is 11.5 Å². The molecule has 2 aromatic carbocycles. The van der Waals surface area contributed by atoms with Crippen molar-refractivity contribution in [3.63, 3.8) is 0 Å². The van der Waals surface area contributed by atoms with Gasteiger partial charge in [0.1, 0.15) is 0 Å². The predicted molar refractivity (Wildman–Crippen MR) is 138 cm³/mol. The molecule has 7 nitrogen and oxygen atoms in total. The number of aliphatic carboxylic acids is 1. The molecule has 1 aliphatic heterocycles. The van der Waals surface area contributed by atoms with Crippen molar-refractivity contribution in [3.05, 3.63) is 59.0 Å². The van der Waals surface area contributed by atoms with Gasteiger partial charge in [-0.1, -0.05) is 55.8 Å². The van der Waals surface area contributed by atoms with Crippen molar-refractivity contribution in [2.24, 2.45) is 5.92 Å². The van der Waals surface area contributed by atoms with Crippen LogP contribution in [0.2, 0.25) is 0 Å². The molecule has 1 amide bonds. The maximum Gasteiger partial charge on any atom is 0.341 e. The average Bonchev–Trinajstić information content (AvgIpc) is 3.14. The first-order valence-corrected chi connectivity index (χ1v) is 13.0. The van der Waals surface area contributed by atoms with E-state index in [0.717, 1.165) is 30.5 Å². The largest absolute Gasteiger partial charge is 0.490 e. The highest BCUT2D eigenvalue weighted by Crippen LogP contribution is 2.42. The van der Waals surface area contributed by atoms with Crippen molar-refractivity contribution in [1.82, 2.24) is 4.90 Å². The van der Waals surface area contributed by atoms with Crippen LogP contribution in [-0.2, 0) is 9.59 Å². The van der Waals surface area contributed by atoms with E-state index in [9.17, 15) is 9.59 Å². The number of nitrogens with zero attached hydrogens (tertiary/aromatic N) is 1. The molecule has 2 aliphatic rings. The van der Waals surface area contributed by atoms with Crippen LogP contribution < -0.4 is 14.8 Å². The zero-order valence-corrected chi connectivity index (χ0v) is 20.9. The number of carbonyl (C=O) groups is 2. The molecular weight excluding hydrogens is 464 g/mol. The number of carbonyl (C=O) groups excluding carboxylic acids is 1. The first-order chi connectivity index (χ1) is 17.0. The topological polar surface area (TPSA) is 88.1 Å². The molecule has 2 aromatic rings. The van der Waals surface area contributed by atoms with E-state index in [1.165, 1.54) is 18.2 Å².